The Labute approximate surface area is 219 Å². The van der Waals surface area contributed by atoms with Crippen LogP contribution in [0.5, 0.6) is 5.75 Å². The number of aromatic nitrogens is 2. The second kappa shape index (κ2) is 12.7. The SMILES string of the molecule is CC(C)CCOC(=O)[C@H](C)N(OC[C@H]1O[C@@H](n2ccc(=O)[nH]c2=O)[C@](C)(F)[C@@H]1O)[P+](=O)Oc1ccccc1. The standard InChI is InChI=1S/C24H31FN3O9P/c1-15(2)11-13-34-21(31)16(3)28(38(33)37-17-8-6-5-7-9-17)35-14-18-20(30)24(4,25)22(36-18)27-12-10-19(29)26-23(27)32/h5-10,12,15-16,18,20,22,30H,11,13-14H2,1-4H3/p+1/t16-,18+,20+,22+,24+/m0/s1. The molecule has 12 nitrogen and oxygen atoms in total. The summed E-state index contributed by atoms with van der Waals surface area (Å²) in [7, 11) is -2.81. The summed E-state index contributed by atoms with van der Waals surface area (Å²) in [5, 5.41) is 10.6. The van der Waals surface area contributed by atoms with Crippen LogP contribution < -0.4 is 15.8 Å². The lowest BCUT2D eigenvalue weighted by Gasteiger charge is -2.24. The summed E-state index contributed by atoms with van der Waals surface area (Å²) < 4.78 is 45.7. The number of carbonyl (C=O) groups excluding carboxylic acids is 1. The number of halogens is 1. The number of ether oxygens (including phenoxy) is 2. The van der Waals surface area contributed by atoms with Crippen molar-refractivity contribution in [3.8, 4) is 5.75 Å². The van der Waals surface area contributed by atoms with Gasteiger partial charge in [0.05, 0.1) is 11.4 Å². The lowest BCUT2D eigenvalue weighted by atomic mass is 9.98. The lowest BCUT2D eigenvalue weighted by molar-refractivity contribution is -0.181. The van der Waals surface area contributed by atoms with E-state index in [2.05, 4.69) is 0 Å². The largest absolute Gasteiger partial charge is 0.693 e. The molecule has 1 aliphatic heterocycles. The van der Waals surface area contributed by atoms with Crippen LogP contribution in [0.4, 0.5) is 4.39 Å². The highest BCUT2D eigenvalue weighted by Gasteiger charge is 2.56. The highest BCUT2D eigenvalue weighted by atomic mass is 31.1. The van der Waals surface area contributed by atoms with Crippen LogP contribution in [0.15, 0.2) is 52.2 Å². The van der Waals surface area contributed by atoms with E-state index in [-0.39, 0.29) is 12.4 Å². The van der Waals surface area contributed by atoms with Crippen LogP contribution in [0, 0.1) is 5.92 Å². The number of benzene rings is 1. The van der Waals surface area contributed by atoms with Crippen molar-refractivity contribution in [2.24, 2.45) is 5.92 Å². The second-order valence-corrected chi connectivity index (χ2v) is 10.5. The van der Waals surface area contributed by atoms with Crippen LogP contribution in [-0.2, 0) is 23.7 Å². The number of aliphatic hydroxyl groups is 1. The van der Waals surface area contributed by atoms with Crippen LogP contribution in [0.3, 0.4) is 0 Å². The van der Waals surface area contributed by atoms with Crippen molar-refractivity contribution in [3.05, 3.63) is 63.4 Å². The molecule has 2 heterocycles. The number of alkyl halides is 1. The average molecular weight is 557 g/mol. The summed E-state index contributed by atoms with van der Waals surface area (Å²) in [4.78, 5) is 44.6. The van der Waals surface area contributed by atoms with Crippen molar-refractivity contribution in [2.75, 3.05) is 13.2 Å². The van der Waals surface area contributed by atoms with Gasteiger partial charge in [-0.3, -0.25) is 24.0 Å². The first-order valence-electron chi connectivity index (χ1n) is 12.0. The van der Waals surface area contributed by atoms with Gasteiger partial charge in [0.2, 0.25) is 0 Å². The van der Waals surface area contributed by atoms with Crippen LogP contribution >= 0.6 is 8.18 Å². The number of carbonyl (C=O) groups is 1. The molecule has 0 amide bonds. The molecule has 0 saturated carbocycles. The van der Waals surface area contributed by atoms with E-state index in [4.69, 9.17) is 18.8 Å². The number of hydrogen-bond donors (Lipinski definition) is 2. The van der Waals surface area contributed by atoms with Gasteiger partial charge in [-0.05, 0) is 38.3 Å². The lowest BCUT2D eigenvalue weighted by Crippen LogP contribution is -2.44. The van der Waals surface area contributed by atoms with Crippen LogP contribution in [0.25, 0.3) is 0 Å². The third kappa shape index (κ3) is 7.12. The van der Waals surface area contributed by atoms with Gasteiger partial charge in [0.1, 0.15) is 18.8 Å². The summed E-state index contributed by atoms with van der Waals surface area (Å²) in [5.74, 6) is -0.192. The van der Waals surface area contributed by atoms with Crippen LogP contribution in [0.2, 0.25) is 0 Å². The first-order chi connectivity index (χ1) is 17.9. The van der Waals surface area contributed by atoms with Gasteiger partial charge in [0, 0.05) is 16.8 Å². The molecule has 6 atom stereocenters. The minimum atomic E-state index is -2.81. The number of aliphatic hydroxyl groups excluding tert-OH is 1. The van der Waals surface area contributed by atoms with Gasteiger partial charge in [-0.1, -0.05) is 32.0 Å². The van der Waals surface area contributed by atoms with Crippen LogP contribution in [0.1, 0.15) is 40.3 Å². The minimum absolute atomic E-state index is 0.144. The van der Waals surface area contributed by atoms with Gasteiger partial charge in [-0.2, -0.15) is 0 Å². The van der Waals surface area contributed by atoms with E-state index in [0.29, 0.717) is 12.3 Å². The molecule has 0 bridgehead atoms. The number of rotatable bonds is 12. The fourth-order valence-corrected chi connectivity index (χ4v) is 4.55. The third-order valence-electron chi connectivity index (χ3n) is 5.89. The van der Waals surface area contributed by atoms with E-state index in [1.807, 2.05) is 18.8 Å². The molecule has 14 heteroatoms. The Morgan fingerprint density at radius 3 is 2.58 bits per heavy atom. The molecule has 1 saturated heterocycles. The zero-order valence-corrected chi connectivity index (χ0v) is 22.4. The summed E-state index contributed by atoms with van der Waals surface area (Å²) >= 11 is 0. The molecule has 3 rings (SSSR count). The number of esters is 1. The summed E-state index contributed by atoms with van der Waals surface area (Å²) in [6, 6.07) is 7.98. The molecule has 0 aliphatic carbocycles. The number of H-pyrrole nitrogens is 1. The Bertz CT molecular complexity index is 1220. The van der Waals surface area contributed by atoms with E-state index in [0.717, 1.165) is 28.6 Å². The molecule has 1 fully saturated rings. The van der Waals surface area contributed by atoms with E-state index in [1.54, 1.807) is 30.3 Å². The molecule has 0 spiro atoms. The predicted molar refractivity (Wildman–Crippen MR) is 133 cm³/mol. The summed E-state index contributed by atoms with van der Waals surface area (Å²) in [6.07, 6.45) is -3.06. The number of nitrogens with one attached hydrogen (secondary N) is 1. The molecular formula is C24H32FN3O9P+. The Hall–Kier alpha value is -2.96. The number of para-hydroxylation sites is 1. The van der Waals surface area contributed by atoms with Crippen molar-refractivity contribution in [1.29, 1.82) is 0 Å². The smallest absolute Gasteiger partial charge is 0.464 e. The number of nitrogens with zero attached hydrogens (tertiary/aromatic N) is 2. The van der Waals surface area contributed by atoms with Gasteiger partial charge < -0.3 is 14.6 Å². The van der Waals surface area contributed by atoms with E-state index in [1.165, 1.54) is 6.92 Å². The normalized spacial score (nSPS) is 24.4. The van der Waals surface area contributed by atoms with Gasteiger partial charge >= 0.3 is 19.8 Å². The second-order valence-electron chi connectivity index (χ2n) is 9.41. The van der Waals surface area contributed by atoms with Gasteiger partial charge in [-0.25, -0.2) is 13.7 Å². The monoisotopic (exact) mass is 556 g/mol. The number of hydroxylamine groups is 1. The van der Waals surface area contributed by atoms with Gasteiger partial charge in [0.15, 0.2) is 23.7 Å². The van der Waals surface area contributed by atoms with Crippen LogP contribution in [-0.4, -0.2) is 62.6 Å². The molecule has 208 valence electrons. The molecule has 1 aliphatic rings. The van der Waals surface area contributed by atoms with Crippen molar-refractivity contribution in [2.45, 2.75) is 64.3 Å². The van der Waals surface area contributed by atoms with E-state index in [9.17, 15) is 24.1 Å². The average Bonchev–Trinajstić information content (AvgIpc) is 3.08. The first-order valence-corrected chi connectivity index (χ1v) is 13.2. The van der Waals surface area contributed by atoms with Crippen molar-refractivity contribution < 1.29 is 37.7 Å². The molecule has 2 N–H and O–H groups in total. The molecule has 0 radical (unpaired) electrons. The van der Waals surface area contributed by atoms with Gasteiger partial charge in [-0.15, -0.1) is 0 Å². The molecule has 38 heavy (non-hydrogen) atoms. The Kier molecular flexibility index (Phi) is 9.91. The maximum absolute atomic E-state index is 15.5. The molecule has 1 aromatic carbocycles. The minimum Gasteiger partial charge on any atom is -0.464 e. The number of aromatic amines is 1. The Balaban J connectivity index is 1.76. The molecule has 1 unspecified atom stereocenters. The topological polar surface area (TPSA) is 149 Å². The highest BCUT2D eigenvalue weighted by Crippen LogP contribution is 2.41. The zero-order chi connectivity index (χ0) is 28.0. The fourth-order valence-electron chi connectivity index (χ4n) is 3.63. The summed E-state index contributed by atoms with van der Waals surface area (Å²) in [5.41, 5.74) is -4.08. The van der Waals surface area contributed by atoms with Crippen molar-refractivity contribution >= 4 is 14.1 Å². The fraction of sp³-hybridized carbons (Fsp3) is 0.542. The maximum Gasteiger partial charge on any atom is 0.693 e. The van der Waals surface area contributed by atoms with E-state index >= 15 is 4.39 Å². The molecule has 2 aromatic rings. The zero-order valence-electron chi connectivity index (χ0n) is 21.5. The van der Waals surface area contributed by atoms with E-state index < -0.39 is 62.2 Å². The maximum atomic E-state index is 15.5. The van der Waals surface area contributed by atoms with Gasteiger partial charge in [0.25, 0.3) is 5.56 Å². The molecule has 1 aromatic heterocycles. The Morgan fingerprint density at radius 1 is 1.26 bits per heavy atom. The molecular weight excluding hydrogens is 524 g/mol. The predicted octanol–water partition coefficient (Wildman–Crippen LogP) is 2.47. The Morgan fingerprint density at radius 2 is 1.95 bits per heavy atom. The first kappa shape index (κ1) is 29.6. The highest BCUT2D eigenvalue weighted by molar-refractivity contribution is 7.36. The van der Waals surface area contributed by atoms with Crippen molar-refractivity contribution in [1.82, 2.24) is 14.4 Å². The summed E-state index contributed by atoms with van der Waals surface area (Å²) in [6.45, 7) is 5.95. The quantitative estimate of drug-likeness (QED) is 0.227. The number of hydrogen-bond acceptors (Lipinski definition) is 9. The van der Waals surface area contributed by atoms with Crippen molar-refractivity contribution in [3.63, 3.8) is 0 Å². The third-order valence-corrected chi connectivity index (χ3v) is 7.04.